The Kier molecular flexibility index (Phi) is 10.4. The van der Waals surface area contributed by atoms with Crippen LogP contribution in [0.25, 0.3) is 10.9 Å². The zero-order valence-corrected chi connectivity index (χ0v) is 24.8. The Bertz CT molecular complexity index is 1420. The van der Waals surface area contributed by atoms with E-state index in [0.29, 0.717) is 17.4 Å². The van der Waals surface area contributed by atoms with E-state index in [9.17, 15) is 9.00 Å². The second kappa shape index (κ2) is 13.5. The summed E-state index contributed by atoms with van der Waals surface area (Å²) in [5.41, 5.74) is 3.88. The minimum absolute atomic E-state index is 0.0785. The molecular weight excluding hydrogens is 508 g/mol. The molecule has 1 aliphatic rings. The molecular formula is C31H40N4O3S. The lowest BCUT2D eigenvalue weighted by molar-refractivity contribution is -0.107. The maximum Gasteiger partial charge on any atom is 0.138 e. The summed E-state index contributed by atoms with van der Waals surface area (Å²) in [4.78, 5) is 15.9. The third-order valence-electron chi connectivity index (χ3n) is 6.07. The van der Waals surface area contributed by atoms with Gasteiger partial charge in [0.25, 0.3) is 0 Å². The first kappa shape index (κ1) is 30.0. The van der Waals surface area contributed by atoms with Crippen LogP contribution in [0.4, 0.5) is 5.69 Å². The van der Waals surface area contributed by atoms with E-state index in [1.807, 2.05) is 87.4 Å². The number of anilines is 1. The van der Waals surface area contributed by atoms with Crippen molar-refractivity contribution in [3.05, 3.63) is 72.2 Å². The molecule has 1 aliphatic carbocycles. The summed E-state index contributed by atoms with van der Waals surface area (Å²) in [6.07, 6.45) is 8.90. The first-order valence-corrected chi connectivity index (χ1v) is 14.6. The van der Waals surface area contributed by atoms with E-state index >= 15 is 0 Å². The number of fused-ring (bicyclic) bond motifs is 1. The number of pyridine rings is 1. The van der Waals surface area contributed by atoms with E-state index in [-0.39, 0.29) is 5.54 Å². The number of carbonyl (C=O) groups is 1. The number of hydrogen-bond donors (Lipinski definition) is 1. The summed E-state index contributed by atoms with van der Waals surface area (Å²) in [6, 6.07) is 13.3. The van der Waals surface area contributed by atoms with E-state index in [0.717, 1.165) is 57.5 Å². The minimum Gasteiger partial charge on any atom is -0.456 e. The zero-order chi connectivity index (χ0) is 28.6. The molecule has 7 nitrogen and oxygen atoms in total. The van der Waals surface area contributed by atoms with Crippen LogP contribution in [0.3, 0.4) is 0 Å². The predicted octanol–water partition coefficient (Wildman–Crippen LogP) is 7.05. The van der Waals surface area contributed by atoms with Crippen molar-refractivity contribution in [2.45, 2.75) is 76.5 Å². The van der Waals surface area contributed by atoms with Gasteiger partial charge in [-0.05, 0) is 82.0 Å². The lowest BCUT2D eigenvalue weighted by Gasteiger charge is -2.18. The summed E-state index contributed by atoms with van der Waals surface area (Å²) < 4.78 is 20.6. The van der Waals surface area contributed by atoms with Crippen molar-refractivity contribution >= 4 is 33.7 Å². The topological polar surface area (TPSA) is 86.1 Å². The molecule has 2 aromatic heterocycles. The van der Waals surface area contributed by atoms with Crippen LogP contribution in [0.15, 0.2) is 66.0 Å². The van der Waals surface area contributed by atoms with Crippen molar-refractivity contribution in [3.63, 3.8) is 0 Å². The highest BCUT2D eigenvalue weighted by Gasteiger charge is 2.29. The number of carbonyl (C=O) groups excluding carboxylic acids is 1. The molecule has 4 aromatic rings. The SMILES string of the molecule is CC.CNc1cnn(C(C)(C)C)c1.Cc1cc(CC=O)ccc1Oc1ccnc2ccc(S(=O)C3CC3)cc12. The number of rotatable bonds is 7. The van der Waals surface area contributed by atoms with E-state index in [4.69, 9.17) is 4.74 Å². The van der Waals surface area contributed by atoms with E-state index in [1.165, 1.54) is 0 Å². The van der Waals surface area contributed by atoms with Crippen LogP contribution >= 0.6 is 0 Å². The van der Waals surface area contributed by atoms with Crippen molar-refractivity contribution in [3.8, 4) is 11.5 Å². The third-order valence-corrected chi connectivity index (χ3v) is 7.86. The van der Waals surface area contributed by atoms with Crippen LogP contribution in [-0.2, 0) is 27.6 Å². The van der Waals surface area contributed by atoms with Gasteiger partial charge in [-0.1, -0.05) is 26.0 Å². The first-order chi connectivity index (χ1) is 18.7. The first-order valence-electron chi connectivity index (χ1n) is 13.4. The fourth-order valence-corrected chi connectivity index (χ4v) is 5.16. The lowest BCUT2D eigenvalue weighted by Crippen LogP contribution is -2.21. The maximum absolute atomic E-state index is 12.5. The van der Waals surface area contributed by atoms with Crippen LogP contribution in [0.5, 0.6) is 11.5 Å². The summed E-state index contributed by atoms with van der Waals surface area (Å²) in [7, 11) is 0.932. The maximum atomic E-state index is 12.5. The van der Waals surface area contributed by atoms with Crippen molar-refractivity contribution in [1.29, 1.82) is 0 Å². The summed E-state index contributed by atoms with van der Waals surface area (Å²) in [6.45, 7) is 12.3. The molecule has 0 aliphatic heterocycles. The van der Waals surface area contributed by atoms with Crippen molar-refractivity contribution < 1.29 is 13.7 Å². The van der Waals surface area contributed by atoms with Crippen molar-refractivity contribution in [2.24, 2.45) is 0 Å². The molecule has 0 spiro atoms. The van der Waals surface area contributed by atoms with Gasteiger partial charge in [-0.15, -0.1) is 0 Å². The molecule has 0 amide bonds. The summed E-state index contributed by atoms with van der Waals surface area (Å²) in [5, 5.41) is 8.40. The molecule has 0 bridgehead atoms. The molecule has 208 valence electrons. The molecule has 1 fully saturated rings. The van der Waals surface area contributed by atoms with Gasteiger partial charge in [0.1, 0.15) is 17.8 Å². The quantitative estimate of drug-likeness (QED) is 0.249. The molecule has 2 heterocycles. The van der Waals surface area contributed by atoms with Gasteiger partial charge in [-0.3, -0.25) is 13.9 Å². The van der Waals surface area contributed by atoms with Crippen molar-refractivity contribution in [1.82, 2.24) is 14.8 Å². The number of aryl methyl sites for hydroxylation is 1. The molecule has 8 heteroatoms. The zero-order valence-electron chi connectivity index (χ0n) is 24.0. The van der Waals surface area contributed by atoms with E-state index in [1.54, 1.807) is 6.20 Å². The Morgan fingerprint density at radius 3 is 2.41 bits per heavy atom. The Balaban J connectivity index is 0.000000272. The highest BCUT2D eigenvalue weighted by atomic mass is 32.2. The second-order valence-corrected chi connectivity index (χ2v) is 11.9. The van der Waals surface area contributed by atoms with Crippen molar-refractivity contribution in [2.75, 3.05) is 12.4 Å². The number of aromatic nitrogens is 3. The fraction of sp³-hybridized carbons (Fsp3) is 0.387. The highest BCUT2D eigenvalue weighted by Crippen LogP contribution is 2.35. The van der Waals surface area contributed by atoms with Gasteiger partial charge < -0.3 is 14.8 Å². The Labute approximate surface area is 234 Å². The van der Waals surface area contributed by atoms with Crippen LogP contribution < -0.4 is 10.1 Å². The molecule has 5 rings (SSSR count). The van der Waals surface area contributed by atoms with E-state index in [2.05, 4.69) is 36.2 Å². The molecule has 1 unspecified atom stereocenters. The van der Waals surface area contributed by atoms with Gasteiger partial charge in [-0.2, -0.15) is 5.10 Å². The lowest BCUT2D eigenvalue weighted by atomic mass is 10.1. The van der Waals surface area contributed by atoms with Gasteiger partial charge in [0.2, 0.25) is 0 Å². The Hall–Kier alpha value is -3.52. The number of benzene rings is 2. The highest BCUT2D eigenvalue weighted by molar-refractivity contribution is 7.86. The molecule has 0 saturated heterocycles. The number of ether oxygens (including phenoxy) is 1. The minimum atomic E-state index is -0.961. The van der Waals surface area contributed by atoms with Crippen LogP contribution in [0.2, 0.25) is 0 Å². The normalized spacial score (nSPS) is 13.4. The monoisotopic (exact) mass is 548 g/mol. The van der Waals surface area contributed by atoms with Crippen LogP contribution in [0, 0.1) is 6.92 Å². The predicted molar refractivity (Wildman–Crippen MR) is 160 cm³/mol. The molecule has 1 atom stereocenters. The van der Waals surface area contributed by atoms with Gasteiger partial charge in [0, 0.05) is 41.4 Å². The summed E-state index contributed by atoms with van der Waals surface area (Å²) >= 11 is 0. The average molecular weight is 549 g/mol. The van der Waals surface area contributed by atoms with Crippen LogP contribution in [0.1, 0.15) is 58.6 Å². The van der Waals surface area contributed by atoms with E-state index < -0.39 is 10.8 Å². The second-order valence-electron chi connectivity index (χ2n) is 10.2. The standard InChI is InChI=1S/C21H19NO3S.C8H15N3.C2H6/c1-14-12-15(9-11-23)2-7-20(14)25-21-8-10-22-19-6-5-17(13-18(19)21)26(24)16-3-4-16;1-8(2,3)11-6-7(9-4)5-10-11;1-2/h2,5-8,10-13,16H,3-4,9H2,1H3;5-6,9H,1-4H3;1-2H3. The largest absolute Gasteiger partial charge is 0.456 e. The molecule has 2 aromatic carbocycles. The van der Waals surface area contributed by atoms with Gasteiger partial charge in [0.05, 0.1) is 33.7 Å². The summed E-state index contributed by atoms with van der Waals surface area (Å²) in [5.74, 6) is 1.43. The number of nitrogens with zero attached hydrogens (tertiary/aromatic N) is 3. The third kappa shape index (κ3) is 7.99. The smallest absolute Gasteiger partial charge is 0.138 e. The van der Waals surface area contributed by atoms with Crippen LogP contribution in [-0.4, -0.2) is 37.6 Å². The molecule has 1 N–H and O–H groups in total. The molecule has 0 radical (unpaired) electrons. The molecule has 39 heavy (non-hydrogen) atoms. The van der Waals surface area contributed by atoms with Gasteiger partial charge >= 0.3 is 0 Å². The number of nitrogens with one attached hydrogen (secondary N) is 1. The number of aldehydes is 1. The fourth-order valence-electron chi connectivity index (χ4n) is 3.78. The average Bonchev–Trinajstić information content (AvgIpc) is 3.66. The Morgan fingerprint density at radius 2 is 1.85 bits per heavy atom. The van der Waals surface area contributed by atoms with Gasteiger partial charge in [-0.25, -0.2) is 0 Å². The Morgan fingerprint density at radius 1 is 1.10 bits per heavy atom. The number of hydrogen-bond acceptors (Lipinski definition) is 6. The van der Waals surface area contributed by atoms with Gasteiger partial charge in [0.15, 0.2) is 0 Å². The molecule has 1 saturated carbocycles.